The number of rotatable bonds is 9. The van der Waals surface area contributed by atoms with Gasteiger partial charge in [-0.15, -0.1) is 0 Å². The van der Waals surface area contributed by atoms with Gasteiger partial charge in [0.2, 0.25) is 11.8 Å². The maximum Gasteiger partial charge on any atom is 0.308 e. The molecule has 164 valence electrons. The highest BCUT2D eigenvalue weighted by atomic mass is 16.4. The Morgan fingerprint density at radius 2 is 1.97 bits per heavy atom. The van der Waals surface area contributed by atoms with E-state index in [9.17, 15) is 24.3 Å². The first-order valence-electron chi connectivity index (χ1n) is 10.4. The van der Waals surface area contributed by atoms with Crippen molar-refractivity contribution in [2.75, 3.05) is 11.9 Å². The Bertz CT molecular complexity index is 795. The van der Waals surface area contributed by atoms with Crippen molar-refractivity contribution in [3.8, 4) is 0 Å². The molecule has 0 bridgehead atoms. The minimum absolute atomic E-state index is 0.155. The lowest BCUT2D eigenvalue weighted by Crippen LogP contribution is -2.51. The van der Waals surface area contributed by atoms with Crippen molar-refractivity contribution in [2.24, 2.45) is 5.92 Å². The van der Waals surface area contributed by atoms with Gasteiger partial charge in [-0.25, -0.2) is 0 Å². The topological polar surface area (TPSA) is 116 Å². The highest BCUT2D eigenvalue weighted by molar-refractivity contribution is 5.99. The van der Waals surface area contributed by atoms with Crippen LogP contribution in [0, 0.1) is 5.92 Å². The fourth-order valence-corrected chi connectivity index (χ4v) is 3.67. The fourth-order valence-electron chi connectivity index (χ4n) is 3.67. The predicted octanol–water partition coefficient (Wildman–Crippen LogP) is 2.33. The second-order valence-corrected chi connectivity index (χ2v) is 7.79. The van der Waals surface area contributed by atoms with E-state index in [2.05, 4.69) is 10.6 Å². The van der Waals surface area contributed by atoms with Gasteiger partial charge in [0.1, 0.15) is 6.04 Å². The van der Waals surface area contributed by atoms with E-state index in [0.717, 1.165) is 19.3 Å². The Morgan fingerprint density at radius 3 is 2.60 bits per heavy atom. The van der Waals surface area contributed by atoms with Crippen LogP contribution in [0.15, 0.2) is 24.3 Å². The number of nitrogens with zero attached hydrogens (tertiary/aromatic N) is 1. The average Bonchev–Trinajstić information content (AvgIpc) is 3.18. The Kier molecular flexibility index (Phi) is 8.38. The number of carbonyl (C=O) groups excluding carboxylic acids is 3. The molecule has 8 nitrogen and oxygen atoms in total. The van der Waals surface area contributed by atoms with Gasteiger partial charge >= 0.3 is 5.97 Å². The van der Waals surface area contributed by atoms with Crippen molar-refractivity contribution in [2.45, 2.75) is 64.5 Å². The van der Waals surface area contributed by atoms with Crippen LogP contribution < -0.4 is 15.5 Å². The minimum atomic E-state index is -0.904. The summed E-state index contributed by atoms with van der Waals surface area (Å²) in [5, 5.41) is 14.9. The van der Waals surface area contributed by atoms with Crippen LogP contribution in [0.3, 0.4) is 0 Å². The summed E-state index contributed by atoms with van der Waals surface area (Å²) in [4.78, 5) is 50.0. The molecule has 2 rings (SSSR count). The zero-order valence-electron chi connectivity index (χ0n) is 17.8. The molecule has 30 heavy (non-hydrogen) atoms. The number of hydrogen-bond donors (Lipinski definition) is 3. The van der Waals surface area contributed by atoms with E-state index in [1.165, 1.54) is 11.8 Å². The molecule has 1 saturated carbocycles. The van der Waals surface area contributed by atoms with Gasteiger partial charge in [0.15, 0.2) is 0 Å². The predicted molar refractivity (Wildman–Crippen MR) is 113 cm³/mol. The van der Waals surface area contributed by atoms with Gasteiger partial charge in [-0.05, 0) is 37.5 Å². The number of nitrogens with one attached hydrogen (secondary N) is 2. The lowest BCUT2D eigenvalue weighted by molar-refractivity contribution is -0.142. The van der Waals surface area contributed by atoms with E-state index in [-0.39, 0.29) is 11.8 Å². The summed E-state index contributed by atoms with van der Waals surface area (Å²) in [6.45, 7) is 3.43. The molecule has 1 aromatic rings. The van der Waals surface area contributed by atoms with Crippen molar-refractivity contribution in [1.29, 1.82) is 0 Å². The van der Waals surface area contributed by atoms with E-state index in [4.69, 9.17) is 0 Å². The second-order valence-electron chi connectivity index (χ2n) is 7.79. The third kappa shape index (κ3) is 6.05. The second kappa shape index (κ2) is 10.8. The maximum atomic E-state index is 12.8. The van der Waals surface area contributed by atoms with Crippen molar-refractivity contribution in [3.05, 3.63) is 29.8 Å². The summed E-state index contributed by atoms with van der Waals surface area (Å²) < 4.78 is 0. The van der Waals surface area contributed by atoms with E-state index < -0.39 is 29.9 Å². The van der Waals surface area contributed by atoms with Gasteiger partial charge in [-0.2, -0.15) is 0 Å². The molecule has 8 heteroatoms. The number of carbonyl (C=O) groups is 4. The third-order valence-corrected chi connectivity index (χ3v) is 5.60. The quantitative estimate of drug-likeness (QED) is 0.570. The molecule has 3 amide bonds. The zero-order chi connectivity index (χ0) is 22.3. The Morgan fingerprint density at radius 1 is 1.23 bits per heavy atom. The molecule has 0 aliphatic heterocycles. The molecule has 1 fully saturated rings. The largest absolute Gasteiger partial charge is 0.481 e. The summed E-state index contributed by atoms with van der Waals surface area (Å²) in [6, 6.07) is 5.47. The number of unbranched alkanes of at least 4 members (excludes halogenated alkanes) is 1. The van der Waals surface area contributed by atoms with Crippen LogP contribution in [0.25, 0.3) is 0 Å². The van der Waals surface area contributed by atoms with Gasteiger partial charge in [0.05, 0.1) is 5.92 Å². The highest BCUT2D eigenvalue weighted by Crippen LogP contribution is 2.26. The SMILES string of the molecule is CCCC[C@H](NC(=O)c1cccc(N(C)C(C)=O)c1)C(=O)N[C@H]1CCC[C@H]1C(=O)O. The number of aliphatic carboxylic acids is 1. The van der Waals surface area contributed by atoms with Crippen LogP contribution >= 0.6 is 0 Å². The molecule has 0 aromatic heterocycles. The summed E-state index contributed by atoms with van der Waals surface area (Å²) in [7, 11) is 1.62. The first-order valence-corrected chi connectivity index (χ1v) is 10.4. The average molecular weight is 418 g/mol. The summed E-state index contributed by atoms with van der Waals surface area (Å²) >= 11 is 0. The number of anilines is 1. The Balaban J connectivity index is 2.11. The molecular formula is C22H31N3O5. The first-order chi connectivity index (χ1) is 14.2. The number of hydrogen-bond acceptors (Lipinski definition) is 4. The molecule has 0 spiro atoms. The molecule has 1 aliphatic rings. The Hall–Kier alpha value is -2.90. The molecule has 0 unspecified atom stereocenters. The van der Waals surface area contributed by atoms with Crippen molar-refractivity contribution in [3.63, 3.8) is 0 Å². The molecule has 0 radical (unpaired) electrons. The van der Waals surface area contributed by atoms with E-state index in [1.807, 2.05) is 6.92 Å². The molecular weight excluding hydrogens is 386 g/mol. The molecule has 1 aromatic carbocycles. The van der Waals surface area contributed by atoms with Gasteiger partial charge < -0.3 is 20.6 Å². The number of carboxylic acids is 1. The minimum Gasteiger partial charge on any atom is -0.481 e. The van der Waals surface area contributed by atoms with Crippen molar-refractivity contribution in [1.82, 2.24) is 10.6 Å². The number of carboxylic acid groups (broad SMARTS) is 1. The number of amides is 3. The molecule has 0 heterocycles. The maximum absolute atomic E-state index is 12.8. The normalized spacial score (nSPS) is 19.0. The van der Waals surface area contributed by atoms with Crippen LogP contribution in [-0.2, 0) is 14.4 Å². The molecule has 1 aliphatic carbocycles. The van der Waals surface area contributed by atoms with Gasteiger partial charge in [0.25, 0.3) is 5.91 Å². The summed E-state index contributed by atoms with van der Waals surface area (Å²) in [5.74, 6) is -2.41. The Labute approximate surface area is 177 Å². The van der Waals surface area contributed by atoms with E-state index in [0.29, 0.717) is 30.5 Å². The first kappa shape index (κ1) is 23.4. The van der Waals surface area contributed by atoms with Crippen LogP contribution in [-0.4, -0.2) is 47.9 Å². The number of benzene rings is 1. The van der Waals surface area contributed by atoms with Crippen molar-refractivity contribution >= 4 is 29.4 Å². The van der Waals surface area contributed by atoms with Crippen LogP contribution in [0.5, 0.6) is 0 Å². The van der Waals surface area contributed by atoms with Crippen LogP contribution in [0.1, 0.15) is 62.7 Å². The van der Waals surface area contributed by atoms with Gasteiger partial charge in [0, 0.05) is 31.3 Å². The van der Waals surface area contributed by atoms with Crippen LogP contribution in [0.4, 0.5) is 5.69 Å². The van der Waals surface area contributed by atoms with E-state index in [1.54, 1.807) is 31.3 Å². The van der Waals surface area contributed by atoms with Gasteiger partial charge in [-0.3, -0.25) is 19.2 Å². The lowest BCUT2D eigenvalue weighted by Gasteiger charge is -2.23. The lowest BCUT2D eigenvalue weighted by atomic mass is 10.0. The van der Waals surface area contributed by atoms with Gasteiger partial charge in [-0.1, -0.05) is 32.3 Å². The molecule has 0 saturated heterocycles. The zero-order valence-corrected chi connectivity index (χ0v) is 17.8. The fraction of sp³-hybridized carbons (Fsp3) is 0.545. The molecule has 3 N–H and O–H groups in total. The third-order valence-electron chi connectivity index (χ3n) is 5.60. The monoisotopic (exact) mass is 417 g/mol. The summed E-state index contributed by atoms with van der Waals surface area (Å²) in [6.07, 6.45) is 3.99. The molecule has 3 atom stereocenters. The smallest absolute Gasteiger partial charge is 0.308 e. The standard InChI is InChI=1S/C22H31N3O5/c1-4-5-11-19(21(28)23-18-12-7-10-17(18)22(29)30)24-20(27)15-8-6-9-16(13-15)25(3)14(2)26/h6,8-9,13,17-19H,4-5,7,10-12H2,1-3H3,(H,23,28)(H,24,27)(H,29,30)/t17-,18+,19+/m1/s1. The van der Waals surface area contributed by atoms with Crippen molar-refractivity contribution < 1.29 is 24.3 Å². The van der Waals surface area contributed by atoms with Crippen LogP contribution in [0.2, 0.25) is 0 Å². The summed E-state index contributed by atoms with van der Waals surface area (Å²) in [5.41, 5.74) is 0.930. The van der Waals surface area contributed by atoms with E-state index >= 15 is 0 Å². The highest BCUT2D eigenvalue weighted by Gasteiger charge is 2.35.